The van der Waals surface area contributed by atoms with Crippen LogP contribution in [0.2, 0.25) is 0 Å². The van der Waals surface area contributed by atoms with Gasteiger partial charge in [-0.3, -0.25) is 4.79 Å². The number of anilines is 1. The van der Waals surface area contributed by atoms with Crippen LogP contribution in [0, 0.1) is 17.1 Å². The summed E-state index contributed by atoms with van der Waals surface area (Å²) in [6.45, 7) is 1.48. The van der Waals surface area contributed by atoms with E-state index in [0.29, 0.717) is 0 Å². The van der Waals surface area contributed by atoms with Crippen molar-refractivity contribution >= 4 is 28.3 Å². The maximum Gasteiger partial charge on any atom is 0.348 e. The Kier molecular flexibility index (Phi) is 6.08. The Labute approximate surface area is 147 Å². The summed E-state index contributed by atoms with van der Waals surface area (Å²) in [4.78, 5) is 24.0. The molecule has 0 aliphatic heterocycles. The van der Waals surface area contributed by atoms with Crippen LogP contribution < -0.4 is 5.73 Å². The summed E-state index contributed by atoms with van der Waals surface area (Å²) in [5, 5.41) is 9.34. The second-order valence-electron chi connectivity index (χ2n) is 4.91. The van der Waals surface area contributed by atoms with E-state index >= 15 is 0 Å². The average Bonchev–Trinajstić information content (AvgIpc) is 2.91. The Balaban J connectivity index is 2.14. The van der Waals surface area contributed by atoms with Gasteiger partial charge in [-0.15, -0.1) is 11.3 Å². The van der Waals surface area contributed by atoms with Crippen molar-refractivity contribution in [3.63, 3.8) is 0 Å². The number of hydrogen-bond acceptors (Lipinski definition) is 7. The Hall–Kier alpha value is -2.92. The molecule has 1 heterocycles. The number of nitrogens with zero attached hydrogens (tertiary/aromatic N) is 1. The van der Waals surface area contributed by atoms with E-state index in [1.54, 1.807) is 13.0 Å². The predicted molar refractivity (Wildman–Crippen MR) is 89.3 cm³/mol. The molecule has 2 rings (SSSR count). The lowest BCUT2D eigenvalue weighted by molar-refractivity contribution is -0.144. The zero-order valence-electron chi connectivity index (χ0n) is 13.4. The average molecular weight is 362 g/mol. The maximum absolute atomic E-state index is 13.6. The maximum atomic E-state index is 13.6. The first-order valence-electron chi connectivity index (χ1n) is 7.35. The minimum Gasteiger partial charge on any atom is -0.462 e. The summed E-state index contributed by atoms with van der Waals surface area (Å²) in [6.07, 6.45) is -0.261. The minimum atomic E-state index is -0.687. The summed E-state index contributed by atoms with van der Waals surface area (Å²) >= 11 is 0.901. The number of carbonyl (C=O) groups is 2. The molecule has 2 N–H and O–H groups in total. The molecule has 0 radical (unpaired) electrons. The smallest absolute Gasteiger partial charge is 0.348 e. The number of hydrogen-bond donors (Lipinski definition) is 1. The fourth-order valence-electron chi connectivity index (χ4n) is 2.11. The topological polar surface area (TPSA) is 102 Å². The second kappa shape index (κ2) is 8.26. The normalized spacial score (nSPS) is 10.1. The van der Waals surface area contributed by atoms with Gasteiger partial charge in [-0.25, -0.2) is 9.18 Å². The number of nitrogens with two attached hydrogens (primary N) is 1. The molecule has 130 valence electrons. The van der Waals surface area contributed by atoms with E-state index in [9.17, 15) is 19.2 Å². The van der Waals surface area contributed by atoms with Crippen molar-refractivity contribution in [2.24, 2.45) is 0 Å². The van der Waals surface area contributed by atoms with Gasteiger partial charge < -0.3 is 15.2 Å². The molecule has 0 atom stereocenters. The lowest BCUT2D eigenvalue weighted by Crippen LogP contribution is -2.12. The molecule has 25 heavy (non-hydrogen) atoms. The molecule has 1 aromatic heterocycles. The number of halogens is 1. The molecule has 2 aromatic rings. The number of nitrogen functional groups attached to an aromatic ring is 1. The molecule has 0 aliphatic rings. The van der Waals surface area contributed by atoms with E-state index in [1.165, 1.54) is 18.2 Å². The van der Waals surface area contributed by atoms with E-state index in [4.69, 9.17) is 15.2 Å². The van der Waals surface area contributed by atoms with Gasteiger partial charge in [-0.2, -0.15) is 5.26 Å². The van der Waals surface area contributed by atoms with Crippen LogP contribution in [-0.2, 0) is 27.3 Å². The van der Waals surface area contributed by atoms with E-state index in [0.717, 1.165) is 11.3 Å². The van der Waals surface area contributed by atoms with Crippen LogP contribution in [0.25, 0.3) is 0 Å². The number of esters is 2. The molecule has 1 aromatic carbocycles. The first-order chi connectivity index (χ1) is 12.0. The molecule has 0 aliphatic carbocycles. The van der Waals surface area contributed by atoms with Gasteiger partial charge in [-0.1, -0.05) is 18.2 Å². The number of nitriles is 1. The molecule has 0 saturated carbocycles. The van der Waals surface area contributed by atoms with Gasteiger partial charge in [0.2, 0.25) is 0 Å². The van der Waals surface area contributed by atoms with Gasteiger partial charge in [0.05, 0.1) is 18.6 Å². The fourth-order valence-corrected chi connectivity index (χ4v) is 3.02. The van der Waals surface area contributed by atoms with Crippen LogP contribution in [0.3, 0.4) is 0 Å². The van der Waals surface area contributed by atoms with Gasteiger partial charge in [0.25, 0.3) is 0 Å². The quantitative estimate of drug-likeness (QED) is 0.793. The van der Waals surface area contributed by atoms with Gasteiger partial charge >= 0.3 is 11.9 Å². The zero-order chi connectivity index (χ0) is 18.4. The van der Waals surface area contributed by atoms with Crippen molar-refractivity contribution in [2.75, 3.05) is 12.3 Å². The summed E-state index contributed by atoms with van der Waals surface area (Å²) in [6, 6.07) is 7.74. The van der Waals surface area contributed by atoms with Crippen molar-refractivity contribution in [3.8, 4) is 6.07 Å². The molecule has 6 nitrogen and oxygen atoms in total. The van der Waals surface area contributed by atoms with E-state index < -0.39 is 17.8 Å². The van der Waals surface area contributed by atoms with Crippen molar-refractivity contribution in [3.05, 3.63) is 51.7 Å². The second-order valence-corrected chi connectivity index (χ2v) is 5.96. The third-order valence-corrected chi connectivity index (χ3v) is 4.32. The zero-order valence-corrected chi connectivity index (χ0v) is 14.2. The van der Waals surface area contributed by atoms with E-state index in [2.05, 4.69) is 0 Å². The molecular formula is C17H15FN2O4S. The highest BCUT2D eigenvalue weighted by Gasteiger charge is 2.24. The van der Waals surface area contributed by atoms with E-state index in [1.807, 2.05) is 6.07 Å². The van der Waals surface area contributed by atoms with Crippen molar-refractivity contribution in [1.29, 1.82) is 5.26 Å². The number of benzene rings is 1. The molecule has 0 unspecified atom stereocenters. The van der Waals surface area contributed by atoms with Crippen molar-refractivity contribution < 1.29 is 23.5 Å². The number of thiophene rings is 1. The highest BCUT2D eigenvalue weighted by Crippen LogP contribution is 2.31. The number of ether oxygens (including phenoxy) is 2. The lowest BCUT2D eigenvalue weighted by Gasteiger charge is -2.07. The van der Waals surface area contributed by atoms with Crippen LogP contribution in [0.1, 0.15) is 33.3 Å². The van der Waals surface area contributed by atoms with Gasteiger partial charge in [0.1, 0.15) is 28.4 Å². The van der Waals surface area contributed by atoms with Crippen LogP contribution >= 0.6 is 11.3 Å². The predicted octanol–water partition coefficient (Wildman–Crippen LogP) is 2.80. The largest absolute Gasteiger partial charge is 0.462 e. The molecule has 0 bridgehead atoms. The molecule has 0 amide bonds. The summed E-state index contributed by atoms with van der Waals surface area (Å²) in [7, 11) is 0. The highest BCUT2D eigenvalue weighted by atomic mass is 32.1. The van der Waals surface area contributed by atoms with Crippen molar-refractivity contribution in [2.45, 2.75) is 20.0 Å². The summed E-state index contributed by atoms with van der Waals surface area (Å²) in [5.74, 6) is -1.83. The van der Waals surface area contributed by atoms with Gasteiger partial charge in [0, 0.05) is 5.56 Å². The highest BCUT2D eigenvalue weighted by molar-refractivity contribution is 7.18. The lowest BCUT2D eigenvalue weighted by atomic mass is 10.1. The Morgan fingerprint density at radius 1 is 1.32 bits per heavy atom. The van der Waals surface area contributed by atoms with Crippen molar-refractivity contribution in [1.82, 2.24) is 0 Å². The fraction of sp³-hybridized carbons (Fsp3) is 0.235. The Morgan fingerprint density at radius 3 is 2.68 bits per heavy atom. The summed E-state index contributed by atoms with van der Waals surface area (Å²) < 4.78 is 23.6. The third kappa shape index (κ3) is 4.33. The first kappa shape index (κ1) is 18.4. The molecule has 0 spiro atoms. The van der Waals surface area contributed by atoms with Crippen LogP contribution in [0.4, 0.5) is 9.39 Å². The molecule has 0 fully saturated rings. The molecular weight excluding hydrogens is 347 g/mol. The molecule has 0 saturated heterocycles. The SMILES string of the molecule is CCOC(=O)c1sc(N)c(C#N)c1COC(=O)Cc1ccccc1F. The van der Waals surface area contributed by atoms with Crippen LogP contribution in [0.15, 0.2) is 24.3 Å². The Morgan fingerprint density at radius 2 is 2.04 bits per heavy atom. The first-order valence-corrected chi connectivity index (χ1v) is 8.16. The summed E-state index contributed by atoms with van der Waals surface area (Å²) in [5.41, 5.74) is 6.21. The number of rotatable bonds is 6. The van der Waals surface area contributed by atoms with E-state index in [-0.39, 0.29) is 46.2 Å². The van der Waals surface area contributed by atoms with Gasteiger partial charge in [0.15, 0.2) is 0 Å². The monoisotopic (exact) mass is 362 g/mol. The van der Waals surface area contributed by atoms with Gasteiger partial charge in [-0.05, 0) is 18.6 Å². The van der Waals surface area contributed by atoms with Crippen LogP contribution in [0.5, 0.6) is 0 Å². The number of carbonyl (C=O) groups excluding carboxylic acids is 2. The third-order valence-electron chi connectivity index (χ3n) is 3.28. The van der Waals surface area contributed by atoms with Crippen LogP contribution in [-0.4, -0.2) is 18.5 Å². The minimum absolute atomic E-state index is 0.0757. The standard InChI is InChI=1S/C17H15FN2O4S/c1-2-23-17(22)15-12(11(8-19)16(20)25-15)9-24-14(21)7-10-5-3-4-6-13(10)18/h3-6H,2,7,9,20H2,1H3. The Bertz CT molecular complexity index is 842. The molecule has 8 heteroatoms.